The van der Waals surface area contributed by atoms with Crippen LogP contribution >= 0.6 is 11.6 Å². The van der Waals surface area contributed by atoms with Crippen molar-refractivity contribution >= 4 is 41.2 Å². The number of carbonyl (C=O) groups excluding carboxylic acids is 3. The number of nitrogens with one attached hydrogen (secondary N) is 2. The van der Waals surface area contributed by atoms with E-state index in [-0.39, 0.29) is 22.2 Å². The molecule has 1 saturated heterocycles. The van der Waals surface area contributed by atoms with E-state index in [9.17, 15) is 19.5 Å². The Bertz CT molecular complexity index is 1030. The number of aromatic hydroxyl groups is 1. The minimum atomic E-state index is -0.711. The van der Waals surface area contributed by atoms with Crippen LogP contribution in [0.3, 0.4) is 0 Å². The highest BCUT2D eigenvalue weighted by atomic mass is 35.5. The van der Waals surface area contributed by atoms with E-state index < -0.39 is 24.4 Å². The van der Waals surface area contributed by atoms with Crippen molar-refractivity contribution < 1.29 is 24.2 Å². The summed E-state index contributed by atoms with van der Waals surface area (Å²) < 4.78 is 5.02. The molecular formula is C20H18ClN3O5. The number of phenols is 1. The number of aryl methyl sites for hydroxylation is 1. The van der Waals surface area contributed by atoms with Crippen LogP contribution in [0.25, 0.3) is 6.08 Å². The van der Waals surface area contributed by atoms with Crippen LogP contribution in [0.5, 0.6) is 11.5 Å². The third-order valence-electron chi connectivity index (χ3n) is 4.15. The van der Waals surface area contributed by atoms with Crippen molar-refractivity contribution in [2.45, 2.75) is 6.92 Å². The molecule has 0 atom stereocenters. The number of hydrogen-bond donors (Lipinski definition) is 3. The molecule has 0 bridgehead atoms. The van der Waals surface area contributed by atoms with Crippen LogP contribution in [0.15, 0.2) is 42.1 Å². The molecule has 3 N–H and O–H groups in total. The number of amides is 4. The smallest absolute Gasteiger partial charge is 0.329 e. The van der Waals surface area contributed by atoms with Crippen molar-refractivity contribution in [1.82, 2.24) is 10.2 Å². The second-order valence-corrected chi connectivity index (χ2v) is 6.76. The van der Waals surface area contributed by atoms with Crippen molar-refractivity contribution in [2.75, 3.05) is 19.0 Å². The number of halogens is 1. The Balaban J connectivity index is 1.75. The molecule has 2 aromatic rings. The van der Waals surface area contributed by atoms with Gasteiger partial charge in [0.1, 0.15) is 12.2 Å². The average Bonchev–Trinajstić information content (AvgIpc) is 2.92. The molecule has 0 aliphatic carbocycles. The lowest BCUT2D eigenvalue weighted by Crippen LogP contribution is -2.38. The first-order valence-corrected chi connectivity index (χ1v) is 8.94. The van der Waals surface area contributed by atoms with Gasteiger partial charge in [-0.2, -0.15) is 0 Å². The number of ether oxygens (including phenoxy) is 1. The zero-order valence-electron chi connectivity index (χ0n) is 15.7. The Labute approximate surface area is 171 Å². The van der Waals surface area contributed by atoms with Gasteiger partial charge < -0.3 is 20.5 Å². The molecule has 0 unspecified atom stereocenters. The van der Waals surface area contributed by atoms with E-state index in [1.807, 2.05) is 13.0 Å². The number of urea groups is 1. The van der Waals surface area contributed by atoms with E-state index in [4.69, 9.17) is 16.3 Å². The second-order valence-electron chi connectivity index (χ2n) is 6.35. The van der Waals surface area contributed by atoms with Crippen molar-refractivity contribution in [3.8, 4) is 11.5 Å². The van der Waals surface area contributed by atoms with Crippen LogP contribution in [-0.4, -0.2) is 41.5 Å². The van der Waals surface area contributed by atoms with Crippen LogP contribution in [0.4, 0.5) is 10.5 Å². The molecule has 3 rings (SSSR count). The molecule has 1 aliphatic rings. The van der Waals surface area contributed by atoms with E-state index in [0.29, 0.717) is 11.3 Å². The molecule has 1 aliphatic heterocycles. The molecule has 0 radical (unpaired) electrons. The fraction of sp³-hybridized carbons (Fsp3) is 0.150. The Morgan fingerprint density at radius 1 is 1.31 bits per heavy atom. The summed E-state index contributed by atoms with van der Waals surface area (Å²) in [6.45, 7) is 1.45. The topological polar surface area (TPSA) is 108 Å². The lowest BCUT2D eigenvalue weighted by molar-refractivity contribution is -0.127. The quantitative estimate of drug-likeness (QED) is 0.514. The molecule has 1 fully saturated rings. The Morgan fingerprint density at radius 2 is 2.07 bits per heavy atom. The minimum absolute atomic E-state index is 0.0258. The molecule has 150 valence electrons. The first-order valence-electron chi connectivity index (χ1n) is 8.56. The van der Waals surface area contributed by atoms with E-state index in [1.54, 1.807) is 18.2 Å². The molecule has 9 heteroatoms. The summed E-state index contributed by atoms with van der Waals surface area (Å²) in [7, 11) is 1.36. The number of nitrogens with zero attached hydrogens (tertiary/aromatic N) is 1. The van der Waals surface area contributed by atoms with Crippen molar-refractivity contribution in [2.24, 2.45) is 0 Å². The van der Waals surface area contributed by atoms with Gasteiger partial charge in [-0.15, -0.1) is 0 Å². The van der Waals surface area contributed by atoms with Gasteiger partial charge in [-0.05, 0) is 48.4 Å². The number of benzene rings is 2. The summed E-state index contributed by atoms with van der Waals surface area (Å²) in [6, 6.07) is 9.32. The summed E-state index contributed by atoms with van der Waals surface area (Å²) in [6.07, 6.45) is 1.38. The second kappa shape index (κ2) is 8.24. The lowest BCUT2D eigenvalue weighted by atomic mass is 10.1. The fourth-order valence-electron chi connectivity index (χ4n) is 2.78. The molecule has 8 nitrogen and oxygen atoms in total. The monoisotopic (exact) mass is 415 g/mol. The summed E-state index contributed by atoms with van der Waals surface area (Å²) in [5.74, 6) is -1.27. The molecule has 2 aromatic carbocycles. The van der Waals surface area contributed by atoms with Gasteiger partial charge >= 0.3 is 6.03 Å². The Hall–Kier alpha value is -3.52. The van der Waals surface area contributed by atoms with Gasteiger partial charge in [0, 0.05) is 5.69 Å². The number of phenolic OH excluding ortho intramolecular Hbond substituents is 1. The normalized spacial score (nSPS) is 14.9. The Morgan fingerprint density at radius 3 is 2.76 bits per heavy atom. The van der Waals surface area contributed by atoms with Crippen molar-refractivity contribution in [1.29, 1.82) is 0 Å². The van der Waals surface area contributed by atoms with Gasteiger partial charge in [0.25, 0.3) is 5.91 Å². The highest BCUT2D eigenvalue weighted by Gasteiger charge is 2.35. The summed E-state index contributed by atoms with van der Waals surface area (Å²) in [4.78, 5) is 37.7. The predicted octanol–water partition coefficient (Wildman–Crippen LogP) is 2.89. The van der Waals surface area contributed by atoms with E-state index in [2.05, 4.69) is 10.6 Å². The van der Waals surface area contributed by atoms with Crippen LogP contribution in [0, 0.1) is 6.92 Å². The number of imide groups is 1. The van der Waals surface area contributed by atoms with E-state index in [0.717, 1.165) is 10.5 Å². The molecular weight excluding hydrogens is 398 g/mol. The lowest BCUT2D eigenvalue weighted by Gasteiger charge is -2.12. The van der Waals surface area contributed by atoms with Crippen molar-refractivity contribution in [3.05, 3.63) is 58.2 Å². The van der Waals surface area contributed by atoms with Gasteiger partial charge in [0.2, 0.25) is 5.91 Å². The number of rotatable bonds is 5. The average molecular weight is 416 g/mol. The maximum absolute atomic E-state index is 12.5. The van der Waals surface area contributed by atoms with Gasteiger partial charge in [-0.3, -0.25) is 9.59 Å². The summed E-state index contributed by atoms with van der Waals surface area (Å²) >= 11 is 5.94. The fourth-order valence-corrected chi connectivity index (χ4v) is 3.00. The number of anilines is 1. The Kier molecular flexibility index (Phi) is 5.74. The molecule has 0 aromatic heterocycles. The molecule has 29 heavy (non-hydrogen) atoms. The van der Waals surface area contributed by atoms with Gasteiger partial charge in [0.05, 0.1) is 12.1 Å². The SMILES string of the molecule is COc1cc(/C=C2\NC(=O)N(CC(=O)Nc3cccc(C)c3)C2=O)cc(Cl)c1O. The molecule has 4 amide bonds. The molecule has 0 saturated carbocycles. The summed E-state index contributed by atoms with van der Waals surface area (Å²) in [5, 5.41) is 14.9. The number of hydrogen-bond acceptors (Lipinski definition) is 5. The molecule has 1 heterocycles. The third kappa shape index (κ3) is 4.49. The largest absolute Gasteiger partial charge is 0.503 e. The number of carbonyl (C=O) groups is 3. The zero-order valence-corrected chi connectivity index (χ0v) is 16.4. The predicted molar refractivity (Wildman–Crippen MR) is 108 cm³/mol. The van der Waals surface area contributed by atoms with Crippen molar-refractivity contribution in [3.63, 3.8) is 0 Å². The molecule has 0 spiro atoms. The maximum Gasteiger partial charge on any atom is 0.329 e. The van der Waals surface area contributed by atoms with Crippen LogP contribution in [0.1, 0.15) is 11.1 Å². The van der Waals surface area contributed by atoms with Crippen LogP contribution < -0.4 is 15.4 Å². The minimum Gasteiger partial charge on any atom is -0.503 e. The first-order chi connectivity index (χ1) is 13.8. The standard InChI is InChI=1S/C20H18ClN3O5/c1-11-4-3-5-13(6-11)22-17(25)10-24-19(27)15(23-20(24)28)8-12-7-14(21)18(26)16(9-12)29-2/h3-9,26H,10H2,1-2H3,(H,22,25)(H,23,28)/b15-8-. The first kappa shape index (κ1) is 20.2. The zero-order chi connectivity index (χ0) is 21.1. The number of methoxy groups -OCH3 is 1. The van der Waals surface area contributed by atoms with Gasteiger partial charge in [-0.25, -0.2) is 9.69 Å². The highest BCUT2D eigenvalue weighted by Crippen LogP contribution is 2.35. The van der Waals surface area contributed by atoms with E-state index >= 15 is 0 Å². The van der Waals surface area contributed by atoms with Crippen LogP contribution in [0.2, 0.25) is 5.02 Å². The van der Waals surface area contributed by atoms with Crippen LogP contribution in [-0.2, 0) is 9.59 Å². The van der Waals surface area contributed by atoms with E-state index in [1.165, 1.54) is 25.3 Å². The van der Waals surface area contributed by atoms with Gasteiger partial charge in [-0.1, -0.05) is 23.7 Å². The third-order valence-corrected chi connectivity index (χ3v) is 4.44. The highest BCUT2D eigenvalue weighted by molar-refractivity contribution is 6.32. The maximum atomic E-state index is 12.5. The summed E-state index contributed by atoms with van der Waals surface area (Å²) in [5.41, 5.74) is 1.94. The van der Waals surface area contributed by atoms with Gasteiger partial charge in [0.15, 0.2) is 11.5 Å².